The number of benzene rings is 2. The molecule has 0 aliphatic carbocycles. The van der Waals surface area contributed by atoms with Crippen molar-refractivity contribution in [3.8, 4) is 0 Å². The summed E-state index contributed by atoms with van der Waals surface area (Å²) in [6.45, 7) is 3.63. The Morgan fingerprint density at radius 2 is 1.92 bits per heavy atom. The fraction of sp³-hybridized carbons (Fsp3) is 0.250. The Labute approximate surface area is 156 Å². The standard InChI is InChI=1S/C20H19ClN2O3/c1-12-17(21)7-4-8-18(12)23-11-15(10-19(23)25)20(26)22-16-6-3-5-14(9-16)13(2)24/h3-9,15H,10-11H2,1-2H3,(H,22,26)/t15-/m1/s1. The number of nitrogens with one attached hydrogen (secondary N) is 1. The predicted molar refractivity (Wildman–Crippen MR) is 102 cm³/mol. The van der Waals surface area contributed by atoms with E-state index in [1.54, 1.807) is 41.3 Å². The molecular formula is C20H19ClN2O3. The molecule has 0 spiro atoms. The lowest BCUT2D eigenvalue weighted by Gasteiger charge is -2.19. The number of carbonyl (C=O) groups excluding carboxylic acids is 3. The van der Waals surface area contributed by atoms with E-state index in [9.17, 15) is 14.4 Å². The van der Waals surface area contributed by atoms with E-state index in [0.717, 1.165) is 11.3 Å². The van der Waals surface area contributed by atoms with Gasteiger partial charge in [-0.1, -0.05) is 29.8 Å². The fourth-order valence-electron chi connectivity index (χ4n) is 3.06. The van der Waals surface area contributed by atoms with Crippen molar-refractivity contribution in [3.63, 3.8) is 0 Å². The third-order valence-electron chi connectivity index (χ3n) is 4.56. The van der Waals surface area contributed by atoms with E-state index >= 15 is 0 Å². The zero-order valence-electron chi connectivity index (χ0n) is 14.6. The molecule has 1 aliphatic heterocycles. The van der Waals surface area contributed by atoms with Gasteiger partial charge in [-0.2, -0.15) is 0 Å². The molecule has 1 aliphatic rings. The third kappa shape index (κ3) is 3.63. The minimum absolute atomic E-state index is 0.0697. The summed E-state index contributed by atoms with van der Waals surface area (Å²) in [7, 11) is 0. The number of Topliss-reactive ketones (excluding diaryl/α,β-unsaturated/α-hetero) is 1. The summed E-state index contributed by atoms with van der Waals surface area (Å²) in [6, 6.07) is 12.2. The first kappa shape index (κ1) is 18.1. The van der Waals surface area contributed by atoms with Crippen LogP contribution in [-0.4, -0.2) is 24.1 Å². The first-order chi connectivity index (χ1) is 12.4. The lowest BCUT2D eigenvalue weighted by molar-refractivity contribution is -0.122. The van der Waals surface area contributed by atoms with Crippen LogP contribution in [0.15, 0.2) is 42.5 Å². The summed E-state index contributed by atoms with van der Waals surface area (Å²) in [5, 5.41) is 3.39. The summed E-state index contributed by atoms with van der Waals surface area (Å²) in [5.41, 5.74) is 2.63. The molecule has 0 saturated carbocycles. The van der Waals surface area contributed by atoms with Crippen molar-refractivity contribution < 1.29 is 14.4 Å². The molecule has 5 nitrogen and oxygen atoms in total. The second kappa shape index (κ2) is 7.30. The van der Waals surface area contributed by atoms with Gasteiger partial charge in [-0.05, 0) is 43.7 Å². The second-order valence-corrected chi connectivity index (χ2v) is 6.82. The lowest BCUT2D eigenvalue weighted by atomic mass is 10.1. The molecule has 0 aromatic heterocycles. The Morgan fingerprint density at radius 1 is 1.19 bits per heavy atom. The van der Waals surface area contributed by atoms with E-state index in [0.29, 0.717) is 22.8 Å². The van der Waals surface area contributed by atoms with Crippen LogP contribution in [0.1, 0.15) is 29.3 Å². The van der Waals surface area contributed by atoms with Crippen LogP contribution < -0.4 is 10.2 Å². The number of anilines is 2. The molecule has 0 unspecified atom stereocenters. The maximum atomic E-state index is 12.6. The lowest BCUT2D eigenvalue weighted by Crippen LogP contribution is -2.28. The largest absolute Gasteiger partial charge is 0.326 e. The molecule has 1 fully saturated rings. The van der Waals surface area contributed by atoms with Gasteiger partial charge >= 0.3 is 0 Å². The molecule has 2 amide bonds. The van der Waals surface area contributed by atoms with Crippen LogP contribution in [0.25, 0.3) is 0 Å². The van der Waals surface area contributed by atoms with Gasteiger partial charge in [0.15, 0.2) is 5.78 Å². The van der Waals surface area contributed by atoms with Gasteiger partial charge in [-0.15, -0.1) is 0 Å². The summed E-state index contributed by atoms with van der Waals surface area (Å²) in [5.74, 6) is -0.865. The molecular weight excluding hydrogens is 352 g/mol. The number of ketones is 1. The molecule has 6 heteroatoms. The van der Waals surface area contributed by atoms with E-state index in [1.807, 2.05) is 13.0 Å². The van der Waals surface area contributed by atoms with Gasteiger partial charge in [0.25, 0.3) is 0 Å². The minimum Gasteiger partial charge on any atom is -0.326 e. The minimum atomic E-state index is -0.457. The number of rotatable bonds is 4. The van der Waals surface area contributed by atoms with Crippen LogP contribution in [0.5, 0.6) is 0 Å². The molecule has 26 heavy (non-hydrogen) atoms. The zero-order valence-corrected chi connectivity index (χ0v) is 15.3. The van der Waals surface area contributed by atoms with Crippen molar-refractivity contribution in [2.45, 2.75) is 20.3 Å². The number of halogens is 1. The smallest absolute Gasteiger partial charge is 0.229 e. The molecule has 2 aromatic carbocycles. The van der Waals surface area contributed by atoms with Crippen LogP contribution in [0, 0.1) is 12.8 Å². The van der Waals surface area contributed by atoms with E-state index < -0.39 is 5.92 Å². The molecule has 3 rings (SSSR count). The highest BCUT2D eigenvalue weighted by molar-refractivity contribution is 6.31. The van der Waals surface area contributed by atoms with Gasteiger partial charge in [0.2, 0.25) is 11.8 Å². The van der Waals surface area contributed by atoms with Crippen molar-refractivity contribution in [1.29, 1.82) is 0 Å². The van der Waals surface area contributed by atoms with E-state index in [-0.39, 0.29) is 24.0 Å². The SMILES string of the molecule is CC(=O)c1cccc(NC(=O)[C@@H]2CC(=O)N(c3cccc(Cl)c3C)C2)c1. The van der Waals surface area contributed by atoms with E-state index in [4.69, 9.17) is 11.6 Å². The average Bonchev–Trinajstić information content (AvgIpc) is 2.99. The summed E-state index contributed by atoms with van der Waals surface area (Å²) in [4.78, 5) is 38.1. The molecule has 1 N–H and O–H groups in total. The van der Waals surface area contributed by atoms with Crippen molar-refractivity contribution in [2.75, 3.05) is 16.8 Å². The first-order valence-corrected chi connectivity index (χ1v) is 8.72. The number of hydrogen-bond donors (Lipinski definition) is 1. The molecule has 0 radical (unpaired) electrons. The summed E-state index contributed by atoms with van der Waals surface area (Å²) in [6.07, 6.45) is 0.143. The van der Waals surface area contributed by atoms with Crippen LogP contribution in [0.2, 0.25) is 5.02 Å². The Balaban J connectivity index is 1.74. The summed E-state index contributed by atoms with van der Waals surface area (Å²) >= 11 is 6.14. The van der Waals surface area contributed by atoms with Crippen molar-refractivity contribution in [3.05, 3.63) is 58.6 Å². The topological polar surface area (TPSA) is 66.5 Å². The highest BCUT2D eigenvalue weighted by Crippen LogP contribution is 2.31. The molecule has 1 heterocycles. The second-order valence-electron chi connectivity index (χ2n) is 6.42. The van der Waals surface area contributed by atoms with Crippen LogP contribution >= 0.6 is 11.6 Å². The fourth-order valence-corrected chi connectivity index (χ4v) is 3.23. The van der Waals surface area contributed by atoms with Gasteiger partial charge in [-0.3, -0.25) is 14.4 Å². The van der Waals surface area contributed by atoms with Crippen LogP contribution in [0.4, 0.5) is 11.4 Å². The number of amides is 2. The van der Waals surface area contributed by atoms with Gasteiger partial charge in [0.1, 0.15) is 0 Å². The van der Waals surface area contributed by atoms with E-state index in [2.05, 4.69) is 5.32 Å². The predicted octanol–water partition coefficient (Wildman–Crippen LogP) is 3.84. The number of carbonyl (C=O) groups is 3. The Morgan fingerprint density at radius 3 is 2.65 bits per heavy atom. The number of nitrogens with zero attached hydrogens (tertiary/aromatic N) is 1. The third-order valence-corrected chi connectivity index (χ3v) is 4.97. The zero-order chi connectivity index (χ0) is 18.8. The van der Waals surface area contributed by atoms with E-state index in [1.165, 1.54) is 6.92 Å². The normalized spacial score (nSPS) is 16.7. The van der Waals surface area contributed by atoms with Crippen LogP contribution in [0.3, 0.4) is 0 Å². The monoisotopic (exact) mass is 370 g/mol. The Hall–Kier alpha value is -2.66. The number of hydrogen-bond acceptors (Lipinski definition) is 3. The highest BCUT2D eigenvalue weighted by atomic mass is 35.5. The highest BCUT2D eigenvalue weighted by Gasteiger charge is 2.35. The van der Waals surface area contributed by atoms with Gasteiger partial charge in [0, 0.05) is 34.9 Å². The summed E-state index contributed by atoms with van der Waals surface area (Å²) < 4.78 is 0. The van der Waals surface area contributed by atoms with Crippen molar-refractivity contribution in [2.24, 2.45) is 5.92 Å². The van der Waals surface area contributed by atoms with Crippen molar-refractivity contribution in [1.82, 2.24) is 0 Å². The van der Waals surface area contributed by atoms with Gasteiger partial charge in [0.05, 0.1) is 5.92 Å². The first-order valence-electron chi connectivity index (χ1n) is 8.34. The molecule has 0 bridgehead atoms. The van der Waals surface area contributed by atoms with Crippen LogP contribution in [-0.2, 0) is 9.59 Å². The molecule has 1 saturated heterocycles. The molecule has 2 aromatic rings. The molecule has 1 atom stereocenters. The average molecular weight is 371 g/mol. The van der Waals surface area contributed by atoms with Gasteiger partial charge in [-0.25, -0.2) is 0 Å². The Kier molecular flexibility index (Phi) is 5.09. The van der Waals surface area contributed by atoms with Crippen molar-refractivity contribution >= 4 is 40.6 Å². The van der Waals surface area contributed by atoms with Gasteiger partial charge < -0.3 is 10.2 Å². The maximum Gasteiger partial charge on any atom is 0.229 e. The Bertz CT molecular complexity index is 894. The maximum absolute atomic E-state index is 12.6. The quantitative estimate of drug-likeness (QED) is 0.831. The molecule has 134 valence electrons.